The first kappa shape index (κ1) is 24.5. The third-order valence-electron chi connectivity index (χ3n) is 7.46. The van der Waals surface area contributed by atoms with E-state index in [2.05, 4.69) is 15.5 Å². The minimum absolute atomic E-state index is 0.0112. The molecule has 2 saturated heterocycles. The van der Waals surface area contributed by atoms with E-state index in [1.165, 1.54) is 11.3 Å². The van der Waals surface area contributed by atoms with Gasteiger partial charge in [0.05, 0.1) is 40.3 Å². The normalized spacial score (nSPS) is 26.0. The molecule has 2 aliphatic heterocycles. The van der Waals surface area contributed by atoms with Crippen molar-refractivity contribution in [2.45, 2.75) is 68.5 Å². The van der Waals surface area contributed by atoms with Crippen molar-refractivity contribution in [3.8, 4) is 10.4 Å². The summed E-state index contributed by atoms with van der Waals surface area (Å²) in [6.45, 7) is 2.42. The minimum Gasteiger partial charge on any atom is -0.367 e. The molecule has 8 nitrogen and oxygen atoms in total. The Morgan fingerprint density at radius 2 is 2.09 bits per heavy atom. The first-order valence-corrected chi connectivity index (χ1v) is 13.5. The van der Waals surface area contributed by atoms with Gasteiger partial charge in [-0.2, -0.15) is 10.2 Å². The number of alkyl halides is 1. The number of nitrogens with one attached hydrogen (secondary N) is 1. The number of hydrogen-bond donors (Lipinski definition) is 1. The van der Waals surface area contributed by atoms with Crippen molar-refractivity contribution < 1.29 is 19.1 Å². The van der Waals surface area contributed by atoms with E-state index < -0.39 is 11.6 Å². The molecule has 5 rings (SSSR count). The molecule has 0 radical (unpaired) electrons. The van der Waals surface area contributed by atoms with E-state index in [-0.39, 0.29) is 42.1 Å². The first-order valence-electron chi connectivity index (χ1n) is 12.2. The van der Waals surface area contributed by atoms with Crippen LogP contribution in [-0.2, 0) is 20.7 Å². The van der Waals surface area contributed by atoms with Crippen molar-refractivity contribution in [2.75, 3.05) is 19.7 Å². The van der Waals surface area contributed by atoms with Crippen LogP contribution in [-0.4, -0.2) is 75.3 Å². The molecule has 10 heteroatoms. The molecule has 0 unspecified atom stereocenters. The standard InChI is InChI=1S/C25H29ClN4O4S/c1-2-16-10-15(11-28-29-16)19-6-7-20(35-19)24(33)27-12-21(32)25(8-4-3-5-9-25)30-13-17(26)23-22(30)18(31)14-34-23/h6-7,10-11,17,22-23H,2-5,8-9,12-14H2,1H3,(H,27,33)/t17-,22+,23+/m0/s1. The summed E-state index contributed by atoms with van der Waals surface area (Å²) in [4.78, 5) is 42.7. The molecule has 1 amide bonds. The summed E-state index contributed by atoms with van der Waals surface area (Å²) in [5, 5.41) is 10.6. The smallest absolute Gasteiger partial charge is 0.261 e. The van der Waals surface area contributed by atoms with Crippen molar-refractivity contribution in [2.24, 2.45) is 0 Å². The number of hydrogen-bond acceptors (Lipinski definition) is 8. The molecular weight excluding hydrogens is 488 g/mol. The number of aromatic nitrogens is 2. The van der Waals surface area contributed by atoms with Crippen molar-refractivity contribution in [3.05, 3.63) is 35.0 Å². The molecule has 3 aliphatic rings. The summed E-state index contributed by atoms with van der Waals surface area (Å²) >= 11 is 7.89. The number of halogens is 1. The predicted octanol–water partition coefficient (Wildman–Crippen LogP) is 3.03. The lowest BCUT2D eigenvalue weighted by Crippen LogP contribution is -2.61. The summed E-state index contributed by atoms with van der Waals surface area (Å²) in [6, 6.07) is 5.15. The van der Waals surface area contributed by atoms with Gasteiger partial charge in [-0.05, 0) is 37.5 Å². The highest BCUT2D eigenvalue weighted by Gasteiger charge is 2.58. The monoisotopic (exact) mass is 516 g/mol. The second-order valence-corrected chi connectivity index (χ2v) is 11.2. The van der Waals surface area contributed by atoms with Gasteiger partial charge in [-0.1, -0.05) is 26.2 Å². The molecule has 0 aromatic carbocycles. The number of thiophene rings is 1. The quantitative estimate of drug-likeness (QED) is 0.564. The fraction of sp³-hybridized carbons (Fsp3) is 0.560. The predicted molar refractivity (Wildman–Crippen MR) is 133 cm³/mol. The highest BCUT2D eigenvalue weighted by atomic mass is 35.5. The Kier molecular flexibility index (Phi) is 7.03. The van der Waals surface area contributed by atoms with Crippen LogP contribution in [0, 0.1) is 0 Å². The van der Waals surface area contributed by atoms with E-state index in [0.717, 1.165) is 41.8 Å². The second kappa shape index (κ2) is 10.0. The summed E-state index contributed by atoms with van der Waals surface area (Å²) in [6.07, 6.45) is 6.30. The van der Waals surface area contributed by atoms with Gasteiger partial charge >= 0.3 is 0 Å². The lowest BCUT2D eigenvalue weighted by Gasteiger charge is -2.45. The summed E-state index contributed by atoms with van der Waals surface area (Å²) in [7, 11) is 0. The largest absolute Gasteiger partial charge is 0.367 e. The van der Waals surface area contributed by atoms with Crippen LogP contribution in [0.2, 0.25) is 0 Å². The molecule has 3 fully saturated rings. The average molecular weight is 517 g/mol. The molecule has 35 heavy (non-hydrogen) atoms. The number of nitrogens with zero attached hydrogens (tertiary/aromatic N) is 3. The van der Waals surface area contributed by atoms with Gasteiger partial charge in [0, 0.05) is 17.0 Å². The van der Waals surface area contributed by atoms with Crippen LogP contribution in [0.4, 0.5) is 0 Å². The number of amides is 1. The van der Waals surface area contributed by atoms with Gasteiger partial charge in [0.2, 0.25) is 0 Å². The molecule has 1 saturated carbocycles. The zero-order valence-corrected chi connectivity index (χ0v) is 21.2. The fourth-order valence-electron chi connectivity index (χ4n) is 5.65. The van der Waals surface area contributed by atoms with Crippen LogP contribution in [0.15, 0.2) is 24.4 Å². The van der Waals surface area contributed by atoms with Gasteiger partial charge in [-0.25, -0.2) is 0 Å². The number of ketones is 2. The number of fused-ring (bicyclic) bond motifs is 1. The first-order chi connectivity index (χ1) is 16.9. The van der Waals surface area contributed by atoms with E-state index >= 15 is 0 Å². The van der Waals surface area contributed by atoms with Gasteiger partial charge in [-0.15, -0.1) is 22.9 Å². The molecule has 1 aliphatic carbocycles. The van der Waals surface area contributed by atoms with Crippen LogP contribution in [0.25, 0.3) is 10.4 Å². The molecule has 0 bridgehead atoms. The summed E-state index contributed by atoms with van der Waals surface area (Å²) in [5.41, 5.74) is 1.02. The summed E-state index contributed by atoms with van der Waals surface area (Å²) in [5.74, 6) is -0.353. The van der Waals surface area contributed by atoms with Crippen LogP contribution in [0.3, 0.4) is 0 Å². The maximum absolute atomic E-state index is 13.7. The Labute approximate surface area is 213 Å². The fourth-order valence-corrected chi connectivity index (χ4v) is 6.91. The molecule has 0 spiro atoms. The van der Waals surface area contributed by atoms with Crippen LogP contribution in [0.5, 0.6) is 0 Å². The topological polar surface area (TPSA) is 101 Å². The van der Waals surface area contributed by atoms with E-state index in [1.807, 2.05) is 24.0 Å². The molecule has 4 heterocycles. The number of aryl methyl sites for hydroxylation is 1. The Hall–Kier alpha value is -2.20. The summed E-state index contributed by atoms with van der Waals surface area (Å²) < 4.78 is 5.65. The SMILES string of the molecule is CCc1cc(-c2ccc(C(=O)NCC(=O)C3(N4C[C@H](Cl)[C@H]5OCC(=O)[C@H]54)CCCCC3)s2)cnn1. The van der Waals surface area contributed by atoms with Crippen molar-refractivity contribution in [1.29, 1.82) is 0 Å². The molecule has 1 N–H and O–H groups in total. The van der Waals surface area contributed by atoms with E-state index in [4.69, 9.17) is 16.3 Å². The third-order valence-corrected chi connectivity index (χ3v) is 8.98. The maximum atomic E-state index is 13.7. The zero-order valence-electron chi connectivity index (χ0n) is 19.7. The zero-order chi connectivity index (χ0) is 24.6. The Balaban J connectivity index is 1.30. The third kappa shape index (κ3) is 4.55. The maximum Gasteiger partial charge on any atom is 0.261 e. The number of rotatable bonds is 7. The Morgan fingerprint density at radius 3 is 2.86 bits per heavy atom. The van der Waals surface area contributed by atoms with Gasteiger partial charge in [0.1, 0.15) is 12.6 Å². The van der Waals surface area contributed by atoms with Crippen LogP contribution < -0.4 is 5.32 Å². The minimum atomic E-state index is -0.790. The average Bonchev–Trinajstić information content (AvgIpc) is 3.61. The molecular formula is C25H29ClN4O4S. The highest BCUT2D eigenvalue weighted by Crippen LogP contribution is 2.42. The number of likely N-dealkylation sites (tertiary alicyclic amines) is 1. The van der Waals surface area contributed by atoms with Crippen molar-refractivity contribution in [1.82, 2.24) is 20.4 Å². The molecule has 2 aromatic rings. The second-order valence-electron chi connectivity index (χ2n) is 9.51. The number of carbonyl (C=O) groups is 3. The number of carbonyl (C=O) groups excluding carboxylic acids is 3. The lowest BCUT2D eigenvalue weighted by molar-refractivity contribution is -0.136. The highest BCUT2D eigenvalue weighted by molar-refractivity contribution is 7.17. The van der Waals surface area contributed by atoms with Gasteiger partial charge in [-0.3, -0.25) is 19.3 Å². The van der Waals surface area contributed by atoms with Gasteiger partial charge < -0.3 is 10.1 Å². The van der Waals surface area contributed by atoms with Crippen molar-refractivity contribution in [3.63, 3.8) is 0 Å². The Bertz CT molecular complexity index is 1130. The van der Waals surface area contributed by atoms with E-state index in [9.17, 15) is 14.4 Å². The van der Waals surface area contributed by atoms with Gasteiger partial charge in [0.15, 0.2) is 11.6 Å². The molecule has 186 valence electrons. The van der Waals surface area contributed by atoms with E-state index in [1.54, 1.807) is 12.3 Å². The van der Waals surface area contributed by atoms with Crippen LogP contribution in [0.1, 0.15) is 54.4 Å². The van der Waals surface area contributed by atoms with E-state index in [0.29, 0.717) is 24.3 Å². The van der Waals surface area contributed by atoms with Crippen LogP contribution >= 0.6 is 22.9 Å². The van der Waals surface area contributed by atoms with Crippen molar-refractivity contribution >= 4 is 40.4 Å². The molecule has 2 aromatic heterocycles. The number of Topliss-reactive ketones (excluding diaryl/α,β-unsaturated/α-hetero) is 2. The number of ether oxygens (including phenoxy) is 1. The lowest BCUT2D eigenvalue weighted by atomic mass is 9.76. The molecule has 3 atom stereocenters. The van der Waals surface area contributed by atoms with Gasteiger partial charge in [0.25, 0.3) is 5.91 Å². The Morgan fingerprint density at radius 1 is 1.29 bits per heavy atom.